The van der Waals surface area contributed by atoms with E-state index in [4.69, 9.17) is 0 Å². The van der Waals surface area contributed by atoms with E-state index >= 15 is 0 Å². The third-order valence-electron chi connectivity index (χ3n) is 6.23. The van der Waals surface area contributed by atoms with Crippen LogP contribution in [0.2, 0.25) is 0 Å². The van der Waals surface area contributed by atoms with Crippen molar-refractivity contribution in [3.05, 3.63) is 59.2 Å². The molecule has 0 saturated heterocycles. The Hall–Kier alpha value is -2.68. The minimum absolute atomic E-state index is 0.0390. The fourth-order valence-corrected chi connectivity index (χ4v) is 4.82. The largest absolute Gasteiger partial charge is 0.430 e. The van der Waals surface area contributed by atoms with Crippen LogP contribution in [0.1, 0.15) is 43.0 Å². The van der Waals surface area contributed by atoms with Gasteiger partial charge in [-0.2, -0.15) is 26.3 Å². The first-order chi connectivity index (χ1) is 17.1. The molecule has 2 aromatic rings. The summed E-state index contributed by atoms with van der Waals surface area (Å²) in [5.41, 5.74) is -6.78. The van der Waals surface area contributed by atoms with Crippen LogP contribution in [-0.2, 0) is 26.8 Å². The zero-order valence-electron chi connectivity index (χ0n) is 20.5. The van der Waals surface area contributed by atoms with Gasteiger partial charge in [0.25, 0.3) is 5.60 Å². The number of nitrogens with zero attached hydrogens (tertiary/aromatic N) is 1. The quantitative estimate of drug-likeness (QED) is 0.435. The van der Waals surface area contributed by atoms with E-state index in [9.17, 15) is 49.8 Å². The highest BCUT2D eigenvalue weighted by Gasteiger charge is 2.71. The van der Waals surface area contributed by atoms with E-state index < -0.39 is 50.9 Å². The minimum Gasteiger partial charge on any atom is -0.390 e. The summed E-state index contributed by atoms with van der Waals surface area (Å²) >= 11 is 0. The molecule has 0 saturated carbocycles. The van der Waals surface area contributed by atoms with E-state index in [1.54, 1.807) is 18.7 Å². The monoisotopic (exact) mass is 568 g/mol. The number of halogens is 6. The average Bonchev–Trinajstić information content (AvgIpc) is 3.13. The maximum atomic E-state index is 13.3. The first-order valence-corrected chi connectivity index (χ1v) is 13.1. The maximum absolute atomic E-state index is 13.3. The van der Waals surface area contributed by atoms with Crippen molar-refractivity contribution in [1.29, 1.82) is 0 Å². The van der Waals surface area contributed by atoms with Gasteiger partial charge in [0.15, 0.2) is 9.84 Å². The highest BCUT2D eigenvalue weighted by atomic mass is 32.2. The van der Waals surface area contributed by atoms with E-state index in [-0.39, 0.29) is 30.1 Å². The van der Waals surface area contributed by atoms with Crippen molar-refractivity contribution < 1.29 is 49.8 Å². The average molecular weight is 569 g/mol. The number of aliphatic hydroxyl groups is 2. The summed E-state index contributed by atoms with van der Waals surface area (Å²) in [7, 11) is -3.54. The molecule has 1 atom stereocenters. The normalized spacial score (nSPS) is 17.4. The number of hydrogen-bond donors (Lipinski definition) is 3. The Kier molecular flexibility index (Phi) is 7.71. The highest BCUT2D eigenvalue weighted by molar-refractivity contribution is 7.90. The van der Waals surface area contributed by atoms with Crippen molar-refractivity contribution in [3.8, 4) is 0 Å². The van der Waals surface area contributed by atoms with Gasteiger partial charge in [0.2, 0.25) is 5.91 Å². The van der Waals surface area contributed by atoms with Crippen LogP contribution >= 0.6 is 0 Å². The van der Waals surface area contributed by atoms with Gasteiger partial charge in [-0.15, -0.1) is 0 Å². The molecule has 0 aromatic heterocycles. The van der Waals surface area contributed by atoms with E-state index in [0.29, 0.717) is 23.3 Å². The van der Waals surface area contributed by atoms with Crippen molar-refractivity contribution in [2.75, 3.05) is 18.1 Å². The molecule has 3 rings (SSSR count). The molecule has 0 radical (unpaired) electrons. The van der Waals surface area contributed by atoms with Gasteiger partial charge in [0.1, 0.15) is 6.04 Å². The zero-order valence-corrected chi connectivity index (χ0v) is 21.3. The molecule has 2 aromatic carbocycles. The van der Waals surface area contributed by atoms with Crippen molar-refractivity contribution in [3.63, 3.8) is 0 Å². The molecule has 0 fully saturated rings. The fourth-order valence-electron chi connectivity index (χ4n) is 4.15. The minimum atomic E-state index is -6.05. The lowest BCUT2D eigenvalue weighted by Crippen LogP contribution is -2.53. The number of alkyl halides is 6. The molecule has 1 aliphatic heterocycles. The van der Waals surface area contributed by atoms with Crippen LogP contribution in [0.25, 0.3) is 0 Å². The summed E-state index contributed by atoms with van der Waals surface area (Å²) in [5.74, 6) is -0.679. The van der Waals surface area contributed by atoms with E-state index in [1.807, 2.05) is 0 Å². The Labute approximate surface area is 215 Å². The molecule has 14 heteroatoms. The van der Waals surface area contributed by atoms with E-state index in [2.05, 4.69) is 5.32 Å². The Morgan fingerprint density at radius 2 is 1.55 bits per heavy atom. The highest BCUT2D eigenvalue weighted by Crippen LogP contribution is 2.50. The second-order valence-corrected chi connectivity index (χ2v) is 11.9. The van der Waals surface area contributed by atoms with Crippen LogP contribution < -0.4 is 5.32 Å². The third kappa shape index (κ3) is 5.98. The molecule has 1 aliphatic rings. The molecule has 210 valence electrons. The number of carbonyl (C=O) groups excluding carboxylic acids is 1. The number of sulfone groups is 1. The smallest absolute Gasteiger partial charge is 0.390 e. The first kappa shape index (κ1) is 29.9. The molecule has 38 heavy (non-hydrogen) atoms. The second kappa shape index (κ2) is 9.81. The molecule has 3 N–H and O–H groups in total. The van der Waals surface area contributed by atoms with Gasteiger partial charge in [0.05, 0.1) is 10.5 Å². The number of benzene rings is 2. The zero-order chi connectivity index (χ0) is 28.9. The molecule has 1 unspecified atom stereocenters. The first-order valence-electron chi connectivity index (χ1n) is 11.2. The van der Waals surface area contributed by atoms with Gasteiger partial charge in [-0.25, -0.2) is 8.42 Å². The van der Waals surface area contributed by atoms with Gasteiger partial charge in [-0.3, -0.25) is 9.69 Å². The summed E-state index contributed by atoms with van der Waals surface area (Å²) < 4.78 is 103. The van der Waals surface area contributed by atoms with Gasteiger partial charge >= 0.3 is 12.4 Å². The van der Waals surface area contributed by atoms with Crippen LogP contribution in [0.5, 0.6) is 0 Å². The van der Waals surface area contributed by atoms with Gasteiger partial charge in [-0.1, -0.05) is 18.2 Å². The number of fused-ring (bicyclic) bond motifs is 1. The Morgan fingerprint density at radius 3 is 2.03 bits per heavy atom. The maximum Gasteiger partial charge on any atom is 0.430 e. The lowest BCUT2D eigenvalue weighted by Gasteiger charge is -2.32. The summed E-state index contributed by atoms with van der Waals surface area (Å²) in [5, 5.41) is 22.1. The van der Waals surface area contributed by atoms with Crippen LogP contribution in [0.15, 0.2) is 47.4 Å². The molecule has 1 heterocycles. The summed E-state index contributed by atoms with van der Waals surface area (Å²) in [4.78, 5) is 15.0. The molecule has 0 aliphatic carbocycles. The summed E-state index contributed by atoms with van der Waals surface area (Å²) in [6.07, 6.45) is -10.8. The number of rotatable bonds is 7. The predicted molar refractivity (Wildman–Crippen MR) is 125 cm³/mol. The third-order valence-corrected chi connectivity index (χ3v) is 7.34. The number of amides is 1. The number of hydrogen-bond acceptors (Lipinski definition) is 6. The van der Waals surface area contributed by atoms with Crippen molar-refractivity contribution in [2.24, 2.45) is 0 Å². The lowest BCUT2D eigenvalue weighted by atomic mass is 9.92. The topological polar surface area (TPSA) is 107 Å². The molecule has 0 bridgehead atoms. The van der Waals surface area contributed by atoms with Crippen LogP contribution in [0.4, 0.5) is 32.0 Å². The SMILES string of the molecule is CC(C)(O)CCN1Cc2cc(S(C)(=O)=O)ccc2C1C(=O)Nc1ccc(C(O)(C(F)(F)F)C(F)(F)F)cc1. The lowest BCUT2D eigenvalue weighted by molar-refractivity contribution is -0.376. The second-order valence-electron chi connectivity index (χ2n) is 9.84. The van der Waals surface area contributed by atoms with E-state index in [0.717, 1.165) is 18.4 Å². The van der Waals surface area contributed by atoms with E-state index in [1.165, 1.54) is 18.2 Å². The van der Waals surface area contributed by atoms with Gasteiger partial charge in [0, 0.05) is 30.6 Å². The van der Waals surface area contributed by atoms with Crippen LogP contribution in [0, 0.1) is 0 Å². The van der Waals surface area contributed by atoms with Crippen molar-refractivity contribution in [1.82, 2.24) is 4.90 Å². The number of anilines is 1. The summed E-state index contributed by atoms with van der Waals surface area (Å²) in [6, 6.07) is 5.70. The van der Waals surface area contributed by atoms with Gasteiger partial charge in [-0.05, 0) is 55.7 Å². The van der Waals surface area contributed by atoms with Gasteiger partial charge < -0.3 is 15.5 Å². The van der Waals surface area contributed by atoms with Crippen LogP contribution in [-0.4, -0.2) is 60.2 Å². The fraction of sp³-hybridized carbons (Fsp3) is 0.458. The Bertz CT molecular complexity index is 1290. The number of carbonyl (C=O) groups is 1. The van der Waals surface area contributed by atoms with Crippen molar-refractivity contribution >= 4 is 21.4 Å². The molecular weight excluding hydrogens is 542 g/mol. The molecule has 1 amide bonds. The molecule has 7 nitrogen and oxygen atoms in total. The summed E-state index contributed by atoms with van der Waals surface area (Å²) in [6.45, 7) is 3.51. The molecule has 0 spiro atoms. The Morgan fingerprint density at radius 1 is 1.00 bits per heavy atom. The molecular formula is C24H26F6N2O5S. The predicted octanol–water partition coefficient (Wildman–Crippen LogP) is 4.06. The standard InChI is InChI=1S/C24H26F6N2O5S/c1-21(2,34)10-11-32-13-14-12-17(38(3,36)37)8-9-18(14)19(32)20(33)31-16-6-4-15(5-7-16)22(35,23(25,26)27)24(28,29)30/h4-9,12,19,34-35H,10-11,13H2,1-3H3,(H,31,33). The number of nitrogens with one attached hydrogen (secondary N) is 1. The van der Waals surface area contributed by atoms with Crippen molar-refractivity contribution in [2.45, 2.75) is 61.3 Å². The Balaban J connectivity index is 1.92. The van der Waals surface area contributed by atoms with Crippen LogP contribution in [0.3, 0.4) is 0 Å².